The van der Waals surface area contributed by atoms with Gasteiger partial charge in [-0.25, -0.2) is 4.98 Å². The molecule has 1 saturated carbocycles. The first-order valence-electron chi connectivity index (χ1n) is 4.31. The lowest BCUT2D eigenvalue weighted by Gasteiger charge is -2.06. The summed E-state index contributed by atoms with van der Waals surface area (Å²) >= 11 is 3.32. The fraction of sp³-hybridized carbons (Fsp3) is 0.444. The van der Waals surface area contributed by atoms with Gasteiger partial charge in [-0.3, -0.25) is 0 Å². The Bertz CT molecular complexity index is 312. The van der Waals surface area contributed by atoms with E-state index in [1.807, 2.05) is 6.07 Å². The van der Waals surface area contributed by atoms with Gasteiger partial charge in [0.25, 0.3) is 0 Å². The molecule has 0 saturated heterocycles. The van der Waals surface area contributed by atoms with Crippen LogP contribution >= 0.6 is 15.9 Å². The van der Waals surface area contributed by atoms with Gasteiger partial charge in [0, 0.05) is 16.7 Å². The van der Waals surface area contributed by atoms with Gasteiger partial charge in [-0.15, -0.1) is 0 Å². The zero-order chi connectivity index (χ0) is 9.26. The maximum Gasteiger partial charge on any atom is 0.126 e. The fourth-order valence-corrected chi connectivity index (χ4v) is 1.46. The van der Waals surface area contributed by atoms with Crippen LogP contribution in [0.15, 0.2) is 16.7 Å². The summed E-state index contributed by atoms with van der Waals surface area (Å²) in [5.41, 5.74) is 0.873. The van der Waals surface area contributed by atoms with Gasteiger partial charge >= 0.3 is 0 Å². The number of aliphatic hydroxyl groups is 1. The molecule has 3 nitrogen and oxygen atoms in total. The summed E-state index contributed by atoms with van der Waals surface area (Å²) in [5, 5.41) is 12.3. The van der Waals surface area contributed by atoms with Crippen molar-refractivity contribution in [2.75, 3.05) is 5.32 Å². The van der Waals surface area contributed by atoms with Crippen molar-refractivity contribution in [1.29, 1.82) is 0 Å². The third kappa shape index (κ3) is 2.19. The molecule has 13 heavy (non-hydrogen) atoms. The highest BCUT2D eigenvalue weighted by molar-refractivity contribution is 9.10. The van der Waals surface area contributed by atoms with Crippen LogP contribution in [0, 0.1) is 0 Å². The fourth-order valence-electron chi connectivity index (χ4n) is 1.12. The van der Waals surface area contributed by atoms with Gasteiger partial charge in [0.1, 0.15) is 5.82 Å². The Labute approximate surface area is 85.3 Å². The molecule has 0 spiro atoms. The quantitative estimate of drug-likeness (QED) is 0.852. The van der Waals surface area contributed by atoms with Crippen LogP contribution in [0.5, 0.6) is 0 Å². The van der Waals surface area contributed by atoms with Gasteiger partial charge in [0.05, 0.1) is 6.61 Å². The predicted octanol–water partition coefficient (Wildman–Crippen LogP) is 1.91. The van der Waals surface area contributed by atoms with Crippen LogP contribution in [0.4, 0.5) is 5.82 Å². The van der Waals surface area contributed by atoms with Crippen LogP contribution in [0.1, 0.15) is 18.4 Å². The maximum absolute atomic E-state index is 9.01. The van der Waals surface area contributed by atoms with Crippen molar-refractivity contribution in [2.24, 2.45) is 0 Å². The molecule has 4 heteroatoms. The van der Waals surface area contributed by atoms with Gasteiger partial charge in [-0.2, -0.15) is 0 Å². The largest absolute Gasteiger partial charge is 0.392 e. The number of halogens is 1. The van der Waals surface area contributed by atoms with E-state index in [-0.39, 0.29) is 6.61 Å². The Balaban J connectivity index is 2.16. The molecular formula is C9H11BrN2O. The molecule has 2 N–H and O–H groups in total. The standard InChI is InChI=1S/C9H11BrN2O/c10-8-4-11-9(3-6(8)5-13)12-7-1-2-7/h3-4,7,13H,1-2,5H2,(H,11,12). The maximum atomic E-state index is 9.01. The third-order valence-electron chi connectivity index (χ3n) is 2.03. The highest BCUT2D eigenvalue weighted by atomic mass is 79.9. The van der Waals surface area contributed by atoms with E-state index in [1.54, 1.807) is 6.20 Å². The second-order valence-corrected chi connectivity index (χ2v) is 4.09. The summed E-state index contributed by atoms with van der Waals surface area (Å²) in [5.74, 6) is 0.856. The van der Waals surface area contributed by atoms with E-state index < -0.39 is 0 Å². The first kappa shape index (κ1) is 8.97. The molecule has 1 aliphatic rings. The average Bonchev–Trinajstić information content (AvgIpc) is 2.92. The Morgan fingerprint density at radius 3 is 3.00 bits per heavy atom. The summed E-state index contributed by atoms with van der Waals surface area (Å²) in [6.07, 6.45) is 4.18. The predicted molar refractivity (Wildman–Crippen MR) is 54.5 cm³/mol. The number of hydrogen-bond acceptors (Lipinski definition) is 3. The molecule has 1 aromatic rings. The molecular weight excluding hydrogens is 232 g/mol. The molecule has 2 rings (SSSR count). The zero-order valence-corrected chi connectivity index (χ0v) is 8.71. The van der Waals surface area contributed by atoms with Crippen molar-refractivity contribution in [1.82, 2.24) is 4.98 Å². The summed E-state index contributed by atoms with van der Waals surface area (Å²) in [4.78, 5) is 4.20. The van der Waals surface area contributed by atoms with Gasteiger partial charge in [0.15, 0.2) is 0 Å². The monoisotopic (exact) mass is 242 g/mol. The van der Waals surface area contributed by atoms with E-state index >= 15 is 0 Å². The summed E-state index contributed by atoms with van der Waals surface area (Å²) < 4.78 is 0.858. The minimum Gasteiger partial charge on any atom is -0.392 e. The normalized spacial score (nSPS) is 15.8. The molecule has 1 aromatic heterocycles. The van der Waals surface area contributed by atoms with Crippen LogP contribution in [0.3, 0.4) is 0 Å². The van der Waals surface area contributed by atoms with Gasteiger partial charge < -0.3 is 10.4 Å². The second kappa shape index (κ2) is 3.64. The number of nitrogens with zero attached hydrogens (tertiary/aromatic N) is 1. The van der Waals surface area contributed by atoms with Gasteiger partial charge in [-0.1, -0.05) is 0 Å². The smallest absolute Gasteiger partial charge is 0.126 e. The first-order valence-corrected chi connectivity index (χ1v) is 5.10. The van der Waals surface area contributed by atoms with Crippen molar-refractivity contribution in [3.05, 3.63) is 22.3 Å². The van der Waals surface area contributed by atoms with Crippen molar-refractivity contribution >= 4 is 21.7 Å². The Morgan fingerprint density at radius 1 is 1.62 bits per heavy atom. The Kier molecular flexibility index (Phi) is 2.51. The molecule has 0 aromatic carbocycles. The minimum absolute atomic E-state index is 0.0441. The van der Waals surface area contributed by atoms with Crippen LogP contribution in [0.2, 0.25) is 0 Å². The topological polar surface area (TPSA) is 45.1 Å². The third-order valence-corrected chi connectivity index (χ3v) is 2.75. The molecule has 1 fully saturated rings. The molecule has 0 amide bonds. The molecule has 70 valence electrons. The number of nitrogens with one attached hydrogen (secondary N) is 1. The SMILES string of the molecule is OCc1cc(NC2CC2)ncc1Br. The van der Waals surface area contributed by atoms with Crippen LogP contribution in [-0.4, -0.2) is 16.1 Å². The molecule has 1 aliphatic carbocycles. The second-order valence-electron chi connectivity index (χ2n) is 3.24. The first-order chi connectivity index (χ1) is 6.29. The minimum atomic E-state index is 0.0441. The van der Waals surface area contributed by atoms with Crippen LogP contribution in [-0.2, 0) is 6.61 Å². The summed E-state index contributed by atoms with van der Waals surface area (Å²) in [7, 11) is 0. The van der Waals surface area contributed by atoms with E-state index in [4.69, 9.17) is 5.11 Å². The summed E-state index contributed by atoms with van der Waals surface area (Å²) in [6.45, 7) is 0.0441. The van der Waals surface area contributed by atoms with Crippen LogP contribution in [0.25, 0.3) is 0 Å². The number of hydrogen-bond donors (Lipinski definition) is 2. The van der Waals surface area contributed by atoms with Gasteiger partial charge in [-0.05, 0) is 40.4 Å². The van der Waals surface area contributed by atoms with Crippen molar-refractivity contribution < 1.29 is 5.11 Å². The highest BCUT2D eigenvalue weighted by Gasteiger charge is 2.21. The molecule has 1 heterocycles. The Morgan fingerprint density at radius 2 is 2.38 bits per heavy atom. The number of aromatic nitrogens is 1. The van der Waals surface area contributed by atoms with E-state index in [9.17, 15) is 0 Å². The van der Waals surface area contributed by atoms with E-state index in [0.29, 0.717) is 6.04 Å². The lowest BCUT2D eigenvalue weighted by Crippen LogP contribution is -2.03. The lowest BCUT2D eigenvalue weighted by atomic mass is 10.3. The molecule has 0 radical (unpaired) electrons. The average molecular weight is 243 g/mol. The van der Waals surface area contributed by atoms with Crippen molar-refractivity contribution in [3.63, 3.8) is 0 Å². The lowest BCUT2D eigenvalue weighted by molar-refractivity contribution is 0.281. The van der Waals surface area contributed by atoms with E-state index in [1.165, 1.54) is 12.8 Å². The molecule has 0 atom stereocenters. The Hall–Kier alpha value is -0.610. The summed E-state index contributed by atoms with van der Waals surface area (Å²) in [6, 6.07) is 2.47. The number of anilines is 1. The molecule has 0 unspecified atom stereocenters. The number of pyridine rings is 1. The number of aliphatic hydroxyl groups excluding tert-OH is 1. The van der Waals surface area contributed by atoms with E-state index in [2.05, 4.69) is 26.2 Å². The zero-order valence-electron chi connectivity index (χ0n) is 7.13. The molecule has 0 aliphatic heterocycles. The molecule has 0 bridgehead atoms. The number of rotatable bonds is 3. The highest BCUT2D eigenvalue weighted by Crippen LogP contribution is 2.25. The van der Waals surface area contributed by atoms with E-state index in [0.717, 1.165) is 15.9 Å². The van der Waals surface area contributed by atoms with Crippen LogP contribution < -0.4 is 5.32 Å². The van der Waals surface area contributed by atoms with Gasteiger partial charge in [0.2, 0.25) is 0 Å². The van der Waals surface area contributed by atoms with Crippen molar-refractivity contribution in [2.45, 2.75) is 25.5 Å². The van der Waals surface area contributed by atoms with Crippen molar-refractivity contribution in [3.8, 4) is 0 Å².